The van der Waals surface area contributed by atoms with Gasteiger partial charge in [0.25, 0.3) is 5.91 Å². The Hall–Kier alpha value is -4.00. The molecule has 12 heteroatoms. The molecule has 1 N–H and O–H groups in total. The number of benzene rings is 2. The number of alkyl halides is 1. The Balaban J connectivity index is 1.56. The Morgan fingerprint density at radius 1 is 1.09 bits per heavy atom. The first-order valence-corrected chi connectivity index (χ1v) is 19.2. The summed E-state index contributed by atoms with van der Waals surface area (Å²) in [4.78, 5) is 61.9. The Morgan fingerprint density at radius 2 is 1.77 bits per heavy atom. The first kappa shape index (κ1) is 40.2. The molecule has 1 unspecified atom stereocenters. The zero-order valence-corrected chi connectivity index (χ0v) is 32.8. The predicted molar refractivity (Wildman–Crippen MR) is 205 cm³/mol. The van der Waals surface area contributed by atoms with Gasteiger partial charge < -0.3 is 34.0 Å². The van der Waals surface area contributed by atoms with Crippen LogP contribution >= 0.6 is 15.9 Å². The minimum Gasteiger partial charge on any atom is -0.497 e. The Kier molecular flexibility index (Phi) is 12.9. The number of ether oxygens (including phenoxy) is 3. The van der Waals surface area contributed by atoms with Crippen molar-refractivity contribution >= 4 is 45.3 Å². The maximum absolute atomic E-state index is 15.0. The lowest BCUT2D eigenvalue weighted by atomic mass is 9.70. The number of esters is 1. The molecule has 3 saturated heterocycles. The number of rotatable bonds is 17. The number of fused-ring (bicyclic) bond motifs is 1. The molecule has 5 rings (SSSR count). The zero-order chi connectivity index (χ0) is 38.6. The normalized spacial score (nSPS) is 26.1. The zero-order valence-electron chi connectivity index (χ0n) is 31.2. The van der Waals surface area contributed by atoms with Gasteiger partial charge in [0.1, 0.15) is 23.5 Å². The second-order valence-electron chi connectivity index (χ2n) is 14.7. The van der Waals surface area contributed by atoms with Crippen LogP contribution in [0.1, 0.15) is 58.1 Å². The van der Waals surface area contributed by atoms with Gasteiger partial charge in [0.2, 0.25) is 11.8 Å². The molecule has 3 fully saturated rings. The average Bonchev–Trinajstić information content (AvgIpc) is 3.76. The molecule has 0 saturated carbocycles. The highest BCUT2D eigenvalue weighted by Crippen LogP contribution is 2.61. The number of aliphatic hydroxyl groups excluding tert-OH is 1. The van der Waals surface area contributed by atoms with Crippen molar-refractivity contribution in [1.82, 2.24) is 9.80 Å². The summed E-state index contributed by atoms with van der Waals surface area (Å²) in [6, 6.07) is 13.8. The van der Waals surface area contributed by atoms with Crippen molar-refractivity contribution in [3.05, 3.63) is 85.5 Å². The van der Waals surface area contributed by atoms with E-state index in [1.165, 1.54) is 4.90 Å². The average molecular weight is 795 g/mol. The van der Waals surface area contributed by atoms with Crippen LogP contribution in [0.2, 0.25) is 0 Å². The van der Waals surface area contributed by atoms with Gasteiger partial charge in [-0.3, -0.25) is 19.2 Å². The molecule has 1 spiro atoms. The van der Waals surface area contributed by atoms with Crippen LogP contribution in [-0.2, 0) is 28.7 Å². The largest absolute Gasteiger partial charge is 0.497 e. The van der Waals surface area contributed by atoms with Crippen LogP contribution in [0.4, 0.5) is 5.69 Å². The standard InChI is InChI=1S/C41H52BrN3O8/c1-8-10-16-32(47)43(6)26(5)35(27-14-12-11-13-15-27)52-40(50)33-34-38(48)45(29(24-46)22-25(3)4)37(41(34)23-31(42)36(33)53-41)39(49)44(21-9-2)28-17-19-30(51-7)20-18-28/h8-9,11-15,17-20,25-26,29,31,33-37,46H,1-2,10,16,21-24H2,3-7H3/t26-,29-,31?,33-,34+,35+,36-,37-,41+/m1/s1. The van der Waals surface area contributed by atoms with E-state index >= 15 is 4.79 Å². The van der Waals surface area contributed by atoms with Crippen molar-refractivity contribution in [1.29, 1.82) is 0 Å². The highest BCUT2D eigenvalue weighted by Gasteiger charge is 2.77. The molecule has 2 aromatic carbocycles. The van der Waals surface area contributed by atoms with Gasteiger partial charge in [-0.05, 0) is 61.9 Å². The Labute approximate surface area is 321 Å². The summed E-state index contributed by atoms with van der Waals surface area (Å²) < 4.78 is 18.5. The molecule has 0 aromatic heterocycles. The van der Waals surface area contributed by atoms with E-state index in [2.05, 4.69) is 29.1 Å². The number of aliphatic hydroxyl groups is 1. The SMILES string of the molecule is C=CCCC(=O)N(C)[C@H](C)[C@H](OC(=O)[C@H]1[C@@H]2O[C@@]3(CC2Br)[C@@H]1C(=O)N([C@@H](CO)CC(C)C)[C@@H]3C(=O)N(CC=C)c1ccc(OC)cc1)c1ccccc1. The summed E-state index contributed by atoms with van der Waals surface area (Å²) in [6.07, 6.45) is 3.15. The lowest BCUT2D eigenvalue weighted by Crippen LogP contribution is -2.59. The summed E-state index contributed by atoms with van der Waals surface area (Å²) in [6.45, 7) is 13.2. The van der Waals surface area contributed by atoms with Crippen molar-refractivity contribution in [2.24, 2.45) is 17.8 Å². The second kappa shape index (κ2) is 17.0. The maximum Gasteiger partial charge on any atom is 0.313 e. The Bertz CT molecular complexity index is 1650. The molecule has 2 bridgehead atoms. The van der Waals surface area contributed by atoms with E-state index in [4.69, 9.17) is 14.2 Å². The van der Waals surface area contributed by atoms with Gasteiger partial charge in [0.05, 0.1) is 43.7 Å². The third-order valence-corrected chi connectivity index (χ3v) is 11.8. The van der Waals surface area contributed by atoms with Gasteiger partial charge in [0.15, 0.2) is 0 Å². The minimum atomic E-state index is -1.39. The van der Waals surface area contributed by atoms with E-state index in [-0.39, 0.29) is 42.6 Å². The quantitative estimate of drug-likeness (QED) is 0.127. The number of allylic oxidation sites excluding steroid dienone is 1. The molecule has 0 radical (unpaired) electrons. The van der Waals surface area contributed by atoms with E-state index in [1.807, 2.05) is 51.1 Å². The molecule has 3 aliphatic rings. The van der Waals surface area contributed by atoms with E-state index in [1.54, 1.807) is 60.4 Å². The van der Waals surface area contributed by atoms with Crippen LogP contribution in [0, 0.1) is 17.8 Å². The van der Waals surface area contributed by atoms with Crippen molar-refractivity contribution < 1.29 is 38.5 Å². The highest BCUT2D eigenvalue weighted by molar-refractivity contribution is 9.09. The number of hydrogen-bond donors (Lipinski definition) is 1. The van der Waals surface area contributed by atoms with E-state index in [9.17, 15) is 19.5 Å². The molecule has 11 nitrogen and oxygen atoms in total. The third-order valence-electron chi connectivity index (χ3n) is 10.9. The van der Waals surface area contributed by atoms with Gasteiger partial charge >= 0.3 is 5.97 Å². The molecule has 3 aliphatic heterocycles. The molecule has 0 aliphatic carbocycles. The molecule has 286 valence electrons. The molecule has 53 heavy (non-hydrogen) atoms. The molecular formula is C41H52BrN3O8. The molecule has 9 atom stereocenters. The first-order valence-electron chi connectivity index (χ1n) is 18.3. The maximum atomic E-state index is 15.0. The van der Waals surface area contributed by atoms with Crippen LogP contribution in [0.5, 0.6) is 5.75 Å². The number of amides is 3. The summed E-state index contributed by atoms with van der Waals surface area (Å²) in [5.74, 6) is -3.02. The Morgan fingerprint density at radius 3 is 2.36 bits per heavy atom. The van der Waals surface area contributed by atoms with Gasteiger partial charge in [-0.15, -0.1) is 13.2 Å². The smallest absolute Gasteiger partial charge is 0.313 e. The summed E-state index contributed by atoms with van der Waals surface area (Å²) in [5.41, 5.74) is -0.133. The van der Waals surface area contributed by atoms with E-state index in [0.29, 0.717) is 29.8 Å². The number of likely N-dealkylation sites (N-methyl/N-ethyl adjacent to an activating group) is 1. The molecule has 3 heterocycles. The summed E-state index contributed by atoms with van der Waals surface area (Å²) >= 11 is 3.75. The number of carbonyl (C=O) groups excluding carboxylic acids is 4. The fourth-order valence-electron chi connectivity index (χ4n) is 8.31. The lowest BCUT2D eigenvalue weighted by Gasteiger charge is -2.39. The minimum absolute atomic E-state index is 0.0840. The second-order valence-corrected chi connectivity index (χ2v) is 15.8. The lowest BCUT2D eigenvalue weighted by molar-refractivity contribution is -0.165. The number of carbonyl (C=O) groups is 4. The third kappa shape index (κ3) is 7.68. The number of methoxy groups -OCH3 is 1. The number of nitrogens with zero attached hydrogens (tertiary/aromatic N) is 3. The van der Waals surface area contributed by atoms with Crippen LogP contribution in [0.3, 0.4) is 0 Å². The van der Waals surface area contributed by atoms with Gasteiger partial charge in [-0.2, -0.15) is 0 Å². The van der Waals surface area contributed by atoms with Crippen LogP contribution in [-0.4, -0.2) is 101 Å². The summed E-state index contributed by atoms with van der Waals surface area (Å²) in [5, 5.41) is 10.8. The van der Waals surface area contributed by atoms with Crippen LogP contribution in [0.25, 0.3) is 0 Å². The van der Waals surface area contributed by atoms with Gasteiger partial charge in [-0.1, -0.05) is 72.3 Å². The number of likely N-dealkylation sites (tertiary alicyclic amines) is 1. The van der Waals surface area contributed by atoms with Gasteiger partial charge in [0, 0.05) is 30.5 Å². The van der Waals surface area contributed by atoms with Crippen molar-refractivity contribution in [3.63, 3.8) is 0 Å². The molecular weight excluding hydrogens is 742 g/mol. The highest BCUT2D eigenvalue weighted by atomic mass is 79.9. The monoisotopic (exact) mass is 793 g/mol. The van der Waals surface area contributed by atoms with Gasteiger partial charge in [-0.25, -0.2) is 0 Å². The van der Waals surface area contributed by atoms with Crippen molar-refractivity contribution in [3.8, 4) is 5.75 Å². The summed E-state index contributed by atoms with van der Waals surface area (Å²) in [7, 11) is 3.24. The van der Waals surface area contributed by atoms with E-state index in [0.717, 1.165) is 0 Å². The van der Waals surface area contributed by atoms with Crippen LogP contribution in [0.15, 0.2) is 79.9 Å². The molecule has 2 aromatic rings. The fraction of sp³-hybridized carbons (Fsp3) is 0.512. The number of halogens is 1. The van der Waals surface area contributed by atoms with Crippen molar-refractivity contribution in [2.45, 2.75) is 87.2 Å². The predicted octanol–water partition coefficient (Wildman–Crippen LogP) is 5.47. The topological polar surface area (TPSA) is 126 Å². The number of hydrogen-bond acceptors (Lipinski definition) is 8. The van der Waals surface area contributed by atoms with E-state index < -0.39 is 65.6 Å². The fourth-order valence-corrected chi connectivity index (χ4v) is 9.26. The van der Waals surface area contributed by atoms with Crippen LogP contribution < -0.4 is 9.64 Å². The molecule has 3 amide bonds. The number of anilines is 1. The van der Waals surface area contributed by atoms with Crippen molar-refractivity contribution in [2.75, 3.05) is 32.2 Å². The first-order chi connectivity index (χ1) is 25.3.